The Bertz CT molecular complexity index is 1080. The van der Waals surface area contributed by atoms with Crippen LogP contribution in [0.4, 0.5) is 17.1 Å². The smallest absolute Gasteiger partial charge is 0.272 e. The van der Waals surface area contributed by atoms with E-state index in [1.54, 1.807) is 19.1 Å². The highest BCUT2D eigenvalue weighted by molar-refractivity contribution is 5.77. The second-order valence-electron chi connectivity index (χ2n) is 11.4. The lowest BCUT2D eigenvalue weighted by molar-refractivity contribution is -0.385. The van der Waals surface area contributed by atoms with E-state index in [-0.39, 0.29) is 34.6 Å². The Labute approximate surface area is 220 Å². The average Bonchev–Trinajstić information content (AvgIpc) is 2.87. The van der Waals surface area contributed by atoms with Crippen LogP contribution in [-0.4, -0.2) is 60.7 Å². The molecule has 2 aromatic rings. The summed E-state index contributed by atoms with van der Waals surface area (Å²) in [5.41, 5.74) is 4.39. The molecule has 2 aromatic carbocycles. The van der Waals surface area contributed by atoms with Gasteiger partial charge >= 0.3 is 0 Å². The van der Waals surface area contributed by atoms with E-state index in [1.807, 2.05) is 11.0 Å². The topological polar surface area (TPSA) is 88.0 Å². The van der Waals surface area contributed by atoms with Crippen molar-refractivity contribution < 1.29 is 14.5 Å². The normalized spacial score (nSPS) is 20.5. The van der Waals surface area contributed by atoms with Crippen molar-refractivity contribution in [1.29, 1.82) is 0 Å². The maximum atomic E-state index is 12.8. The van der Waals surface area contributed by atoms with Gasteiger partial charge in [-0.05, 0) is 67.9 Å². The molecular formula is C29H40N4O4. The van der Waals surface area contributed by atoms with E-state index in [0.717, 1.165) is 44.5 Å². The van der Waals surface area contributed by atoms with Crippen molar-refractivity contribution in [3.63, 3.8) is 0 Å². The summed E-state index contributed by atoms with van der Waals surface area (Å²) in [7, 11) is 0. The van der Waals surface area contributed by atoms with Crippen molar-refractivity contribution in [2.24, 2.45) is 0 Å². The van der Waals surface area contributed by atoms with Crippen LogP contribution in [0.1, 0.15) is 57.6 Å². The molecule has 1 aliphatic heterocycles. The third kappa shape index (κ3) is 7.01. The molecule has 200 valence electrons. The molecule has 0 atom stereocenters. The number of hydrogen-bond donors (Lipinski definition) is 1. The van der Waals surface area contributed by atoms with Crippen molar-refractivity contribution in [2.75, 3.05) is 43.0 Å². The Morgan fingerprint density at radius 1 is 1.03 bits per heavy atom. The van der Waals surface area contributed by atoms with Gasteiger partial charge in [0.2, 0.25) is 5.91 Å². The van der Waals surface area contributed by atoms with Crippen LogP contribution in [0.25, 0.3) is 0 Å². The number of carbonyl (C=O) groups is 1. The highest BCUT2D eigenvalue weighted by Crippen LogP contribution is 2.28. The van der Waals surface area contributed by atoms with E-state index >= 15 is 0 Å². The van der Waals surface area contributed by atoms with E-state index in [4.69, 9.17) is 4.74 Å². The van der Waals surface area contributed by atoms with Gasteiger partial charge in [-0.25, -0.2) is 0 Å². The molecule has 0 spiro atoms. The van der Waals surface area contributed by atoms with E-state index in [1.165, 1.54) is 11.3 Å². The minimum Gasteiger partial charge on any atom is -0.382 e. The molecule has 1 N–H and O–H groups in total. The second-order valence-corrected chi connectivity index (χ2v) is 11.4. The summed E-state index contributed by atoms with van der Waals surface area (Å²) >= 11 is 0. The molecule has 1 saturated heterocycles. The standard InChI is InChI=1S/C29H40N4O4/c1-21-19-24(9-14-27(21)33(35)36)30-23-7-12-26(13-8-23)37-20-28(34)32-17-15-31(16-18-32)25-10-5-22(6-11-25)29(2,3)4/h5-6,9-11,14,19,23,26,30H,7-8,12-13,15-18,20H2,1-4H3. The van der Waals surface area contributed by atoms with E-state index in [0.29, 0.717) is 24.7 Å². The number of anilines is 2. The number of rotatable bonds is 7. The number of benzene rings is 2. The first-order valence-electron chi connectivity index (χ1n) is 13.4. The molecule has 1 heterocycles. The number of carbonyl (C=O) groups excluding carboxylic acids is 1. The fourth-order valence-corrected chi connectivity index (χ4v) is 5.23. The minimum atomic E-state index is -0.353. The van der Waals surface area contributed by atoms with E-state index in [2.05, 4.69) is 55.3 Å². The van der Waals surface area contributed by atoms with Gasteiger partial charge in [0, 0.05) is 55.2 Å². The van der Waals surface area contributed by atoms with Crippen LogP contribution < -0.4 is 10.2 Å². The molecule has 2 aliphatic rings. The number of nitro groups is 1. The van der Waals surface area contributed by atoms with Crippen LogP contribution in [0.3, 0.4) is 0 Å². The maximum Gasteiger partial charge on any atom is 0.272 e. The number of hydrogen-bond acceptors (Lipinski definition) is 6. The maximum absolute atomic E-state index is 12.8. The van der Waals surface area contributed by atoms with E-state index in [9.17, 15) is 14.9 Å². The lowest BCUT2D eigenvalue weighted by Crippen LogP contribution is -2.50. The molecule has 8 nitrogen and oxygen atoms in total. The molecule has 1 aliphatic carbocycles. The van der Waals surface area contributed by atoms with Crippen molar-refractivity contribution in [3.05, 3.63) is 63.7 Å². The van der Waals surface area contributed by atoms with Gasteiger partial charge in [-0.1, -0.05) is 32.9 Å². The van der Waals surface area contributed by atoms with Gasteiger partial charge in [-0.2, -0.15) is 0 Å². The van der Waals surface area contributed by atoms with Crippen LogP contribution in [0.15, 0.2) is 42.5 Å². The van der Waals surface area contributed by atoms with Crippen LogP contribution in [0.5, 0.6) is 0 Å². The molecule has 2 fully saturated rings. The molecule has 0 aromatic heterocycles. The van der Waals surface area contributed by atoms with Crippen LogP contribution in [0.2, 0.25) is 0 Å². The molecule has 1 amide bonds. The van der Waals surface area contributed by atoms with Crippen molar-refractivity contribution in [1.82, 2.24) is 4.90 Å². The zero-order valence-electron chi connectivity index (χ0n) is 22.5. The van der Waals surface area contributed by atoms with Crippen LogP contribution >= 0.6 is 0 Å². The highest BCUT2D eigenvalue weighted by Gasteiger charge is 2.26. The molecule has 4 rings (SSSR count). The summed E-state index contributed by atoms with van der Waals surface area (Å²) in [6.45, 7) is 11.7. The number of piperazine rings is 1. The first kappa shape index (κ1) is 26.9. The molecule has 0 bridgehead atoms. The molecule has 8 heteroatoms. The molecule has 1 saturated carbocycles. The van der Waals surface area contributed by atoms with Crippen molar-refractivity contribution in [3.8, 4) is 0 Å². The SMILES string of the molecule is Cc1cc(NC2CCC(OCC(=O)N3CCN(c4ccc(C(C)(C)C)cc4)CC3)CC2)ccc1[N+](=O)[O-]. The van der Waals surface area contributed by atoms with Gasteiger partial charge in [-0.15, -0.1) is 0 Å². The molecular weight excluding hydrogens is 468 g/mol. The first-order valence-corrected chi connectivity index (χ1v) is 13.4. The highest BCUT2D eigenvalue weighted by atomic mass is 16.6. The summed E-state index contributed by atoms with van der Waals surface area (Å²) in [5.74, 6) is 0.0735. The number of ether oxygens (including phenoxy) is 1. The molecule has 0 radical (unpaired) electrons. The lowest BCUT2D eigenvalue weighted by Gasteiger charge is -2.37. The summed E-state index contributed by atoms with van der Waals surface area (Å²) in [4.78, 5) is 27.7. The van der Waals surface area contributed by atoms with Crippen molar-refractivity contribution >= 4 is 23.0 Å². The predicted octanol–water partition coefficient (Wildman–Crippen LogP) is 5.29. The van der Waals surface area contributed by atoms with Crippen LogP contribution in [0, 0.1) is 17.0 Å². The number of nitrogens with one attached hydrogen (secondary N) is 1. The Kier molecular flexibility index (Phi) is 8.37. The monoisotopic (exact) mass is 508 g/mol. The number of nitrogens with zero attached hydrogens (tertiary/aromatic N) is 3. The number of aryl methyl sites for hydroxylation is 1. The van der Waals surface area contributed by atoms with Gasteiger partial charge in [0.05, 0.1) is 11.0 Å². The Balaban J connectivity index is 1.16. The lowest BCUT2D eigenvalue weighted by atomic mass is 9.87. The number of nitro benzene ring substituents is 1. The second kappa shape index (κ2) is 11.5. The summed E-state index contributed by atoms with van der Waals surface area (Å²) < 4.78 is 6.01. The Morgan fingerprint density at radius 2 is 1.68 bits per heavy atom. The summed E-state index contributed by atoms with van der Waals surface area (Å²) in [6.07, 6.45) is 3.79. The molecule has 37 heavy (non-hydrogen) atoms. The molecule has 0 unspecified atom stereocenters. The quantitative estimate of drug-likeness (QED) is 0.404. The fourth-order valence-electron chi connectivity index (χ4n) is 5.23. The fraction of sp³-hybridized carbons (Fsp3) is 0.552. The van der Waals surface area contributed by atoms with Gasteiger partial charge in [0.1, 0.15) is 6.61 Å². The summed E-state index contributed by atoms with van der Waals surface area (Å²) in [5, 5.41) is 14.5. The Hall–Kier alpha value is -3.13. The largest absolute Gasteiger partial charge is 0.382 e. The third-order valence-electron chi connectivity index (χ3n) is 7.61. The zero-order valence-corrected chi connectivity index (χ0v) is 22.5. The minimum absolute atomic E-state index is 0.0735. The van der Waals surface area contributed by atoms with Crippen LogP contribution in [-0.2, 0) is 14.9 Å². The zero-order chi connectivity index (χ0) is 26.6. The predicted molar refractivity (Wildman–Crippen MR) is 147 cm³/mol. The number of amides is 1. The van der Waals surface area contributed by atoms with Gasteiger partial charge < -0.3 is 19.9 Å². The summed E-state index contributed by atoms with van der Waals surface area (Å²) in [6, 6.07) is 14.3. The third-order valence-corrected chi connectivity index (χ3v) is 7.61. The van der Waals surface area contributed by atoms with Gasteiger partial charge in [0.15, 0.2) is 0 Å². The average molecular weight is 509 g/mol. The van der Waals surface area contributed by atoms with Gasteiger partial charge in [0.25, 0.3) is 5.69 Å². The van der Waals surface area contributed by atoms with Gasteiger partial charge in [-0.3, -0.25) is 14.9 Å². The van der Waals surface area contributed by atoms with E-state index < -0.39 is 0 Å². The Morgan fingerprint density at radius 3 is 2.24 bits per heavy atom. The first-order chi connectivity index (χ1) is 17.6. The van der Waals surface area contributed by atoms with Crippen molar-refractivity contribution in [2.45, 2.75) is 70.9 Å².